The lowest BCUT2D eigenvalue weighted by molar-refractivity contribution is 0.0527. The van der Waals surface area contributed by atoms with Crippen molar-refractivity contribution < 1.29 is 27.5 Å². The molecule has 1 N–H and O–H groups in total. The van der Waals surface area contributed by atoms with Crippen LogP contribution in [0.4, 0.5) is 5.00 Å². The molecule has 8 nitrogen and oxygen atoms in total. The fraction of sp³-hybridized carbons (Fsp3) is 0.478. The van der Waals surface area contributed by atoms with E-state index in [1.165, 1.54) is 41.0 Å². The van der Waals surface area contributed by atoms with Gasteiger partial charge >= 0.3 is 5.97 Å². The van der Waals surface area contributed by atoms with Crippen molar-refractivity contribution in [2.45, 2.75) is 57.9 Å². The molecule has 1 aromatic heterocycles. The number of esters is 1. The van der Waals surface area contributed by atoms with E-state index >= 15 is 0 Å². The molecule has 1 amide bonds. The minimum absolute atomic E-state index is 0.0458. The summed E-state index contributed by atoms with van der Waals surface area (Å²) in [6.45, 7) is 7.90. The molecule has 1 fully saturated rings. The quantitative estimate of drug-likeness (QED) is 0.574. The van der Waals surface area contributed by atoms with Gasteiger partial charge in [-0.1, -0.05) is 6.42 Å². The SMILES string of the molecule is CCOC(=O)c1c(NC(=O)c2ccc(OC)c(S(=O)(=O)N3CCCC[C@H]3C)c2)sc(C)c1C. The number of thiophene rings is 1. The zero-order chi connectivity index (χ0) is 24.3. The molecule has 0 bridgehead atoms. The highest BCUT2D eigenvalue weighted by atomic mass is 32.2. The predicted octanol–water partition coefficient (Wildman–Crippen LogP) is 4.37. The smallest absolute Gasteiger partial charge is 0.341 e. The van der Waals surface area contributed by atoms with Gasteiger partial charge in [-0.2, -0.15) is 4.31 Å². The predicted molar refractivity (Wildman–Crippen MR) is 128 cm³/mol. The van der Waals surface area contributed by atoms with Crippen LogP contribution in [-0.2, 0) is 14.8 Å². The maximum absolute atomic E-state index is 13.4. The van der Waals surface area contributed by atoms with E-state index in [-0.39, 0.29) is 28.9 Å². The fourth-order valence-electron chi connectivity index (χ4n) is 3.91. The molecule has 33 heavy (non-hydrogen) atoms. The number of benzene rings is 1. The number of methoxy groups -OCH3 is 1. The summed E-state index contributed by atoms with van der Waals surface area (Å²) in [6, 6.07) is 4.19. The zero-order valence-corrected chi connectivity index (χ0v) is 21.2. The van der Waals surface area contributed by atoms with E-state index in [9.17, 15) is 18.0 Å². The number of hydrogen-bond acceptors (Lipinski definition) is 7. The number of nitrogens with zero attached hydrogens (tertiary/aromatic N) is 1. The van der Waals surface area contributed by atoms with E-state index in [1.807, 2.05) is 13.8 Å². The Morgan fingerprint density at radius 1 is 1.24 bits per heavy atom. The van der Waals surface area contributed by atoms with Gasteiger partial charge in [-0.05, 0) is 64.3 Å². The number of hydrogen-bond donors (Lipinski definition) is 1. The second kappa shape index (κ2) is 10.2. The number of carbonyl (C=O) groups excluding carboxylic acids is 2. The van der Waals surface area contributed by atoms with Crippen LogP contribution in [0.2, 0.25) is 0 Å². The zero-order valence-electron chi connectivity index (χ0n) is 19.6. The molecule has 10 heteroatoms. The number of piperidine rings is 1. The molecule has 0 unspecified atom stereocenters. The molecule has 0 radical (unpaired) electrons. The molecule has 1 aliphatic rings. The molecule has 3 rings (SSSR count). The van der Waals surface area contributed by atoms with Crippen molar-refractivity contribution in [1.82, 2.24) is 4.31 Å². The first-order valence-electron chi connectivity index (χ1n) is 10.9. The Kier molecular flexibility index (Phi) is 7.81. The molecule has 1 aliphatic heterocycles. The second-order valence-electron chi connectivity index (χ2n) is 7.99. The summed E-state index contributed by atoms with van der Waals surface area (Å²) < 4.78 is 38.8. The van der Waals surface area contributed by atoms with Gasteiger partial charge in [-0.25, -0.2) is 13.2 Å². The minimum atomic E-state index is -3.86. The molecule has 2 heterocycles. The van der Waals surface area contributed by atoms with Gasteiger partial charge in [0.05, 0.1) is 19.3 Å². The van der Waals surface area contributed by atoms with Crippen LogP contribution >= 0.6 is 11.3 Å². The average Bonchev–Trinajstić information content (AvgIpc) is 3.06. The number of sulfonamides is 1. The Bertz CT molecular complexity index is 1160. The lowest BCUT2D eigenvalue weighted by Crippen LogP contribution is -2.42. The van der Waals surface area contributed by atoms with Gasteiger partial charge in [-0.3, -0.25) is 4.79 Å². The molecule has 2 aromatic rings. The van der Waals surface area contributed by atoms with Gasteiger partial charge in [-0.15, -0.1) is 11.3 Å². The molecule has 0 spiro atoms. The Morgan fingerprint density at radius 2 is 1.97 bits per heavy atom. The van der Waals surface area contributed by atoms with Gasteiger partial charge in [0.2, 0.25) is 10.0 Å². The van der Waals surface area contributed by atoms with Crippen LogP contribution in [0.5, 0.6) is 5.75 Å². The first-order chi connectivity index (χ1) is 15.6. The third-order valence-electron chi connectivity index (χ3n) is 5.85. The Labute approximate surface area is 198 Å². The van der Waals surface area contributed by atoms with Crippen LogP contribution in [0.1, 0.15) is 64.3 Å². The fourth-order valence-corrected chi connectivity index (χ4v) is 6.84. The molecule has 0 saturated carbocycles. The third-order valence-corrected chi connectivity index (χ3v) is 9.00. The van der Waals surface area contributed by atoms with E-state index in [1.54, 1.807) is 13.8 Å². The van der Waals surface area contributed by atoms with Crippen LogP contribution in [0.3, 0.4) is 0 Å². The van der Waals surface area contributed by atoms with Crippen LogP contribution in [0, 0.1) is 13.8 Å². The largest absolute Gasteiger partial charge is 0.495 e. The Balaban J connectivity index is 1.97. The number of nitrogens with one attached hydrogen (secondary N) is 1. The van der Waals surface area contributed by atoms with E-state index in [0.29, 0.717) is 17.1 Å². The number of anilines is 1. The lowest BCUT2D eigenvalue weighted by atomic mass is 10.1. The summed E-state index contributed by atoms with van der Waals surface area (Å²) >= 11 is 1.27. The summed E-state index contributed by atoms with van der Waals surface area (Å²) in [7, 11) is -2.46. The van der Waals surface area contributed by atoms with Crippen molar-refractivity contribution in [3.63, 3.8) is 0 Å². The van der Waals surface area contributed by atoms with Gasteiger partial charge in [0.1, 0.15) is 15.6 Å². The first kappa shape index (κ1) is 25.2. The normalized spacial score (nSPS) is 16.9. The molecule has 0 aliphatic carbocycles. The van der Waals surface area contributed by atoms with Gasteiger partial charge in [0.25, 0.3) is 5.91 Å². The maximum Gasteiger partial charge on any atom is 0.341 e. The Hall–Kier alpha value is -2.43. The molecule has 180 valence electrons. The number of aryl methyl sites for hydroxylation is 1. The summed E-state index contributed by atoms with van der Waals surface area (Å²) in [5.41, 5.74) is 1.21. The van der Waals surface area contributed by atoms with E-state index in [0.717, 1.165) is 29.7 Å². The van der Waals surface area contributed by atoms with Crippen LogP contribution in [0.25, 0.3) is 0 Å². The average molecular weight is 495 g/mol. The van der Waals surface area contributed by atoms with Gasteiger partial charge in [0, 0.05) is 23.0 Å². The van der Waals surface area contributed by atoms with Crippen molar-refractivity contribution in [3.05, 3.63) is 39.8 Å². The second-order valence-corrected chi connectivity index (χ2v) is 11.1. The van der Waals surface area contributed by atoms with E-state index in [2.05, 4.69) is 5.32 Å². The van der Waals surface area contributed by atoms with Crippen molar-refractivity contribution >= 4 is 38.2 Å². The van der Waals surface area contributed by atoms with E-state index < -0.39 is 21.9 Å². The van der Waals surface area contributed by atoms with Crippen LogP contribution in [0.15, 0.2) is 23.1 Å². The third kappa shape index (κ3) is 5.07. The summed E-state index contributed by atoms with van der Waals surface area (Å²) in [5, 5.41) is 3.14. The highest BCUT2D eigenvalue weighted by Crippen LogP contribution is 2.35. The van der Waals surface area contributed by atoms with Crippen molar-refractivity contribution in [2.75, 3.05) is 25.6 Å². The number of amides is 1. The topological polar surface area (TPSA) is 102 Å². The van der Waals surface area contributed by atoms with Crippen molar-refractivity contribution in [1.29, 1.82) is 0 Å². The lowest BCUT2D eigenvalue weighted by Gasteiger charge is -2.32. The minimum Gasteiger partial charge on any atom is -0.495 e. The highest BCUT2D eigenvalue weighted by Gasteiger charge is 2.34. The molecular formula is C23H30N2O6S2. The molecule has 1 saturated heterocycles. The maximum atomic E-state index is 13.4. The first-order valence-corrected chi connectivity index (χ1v) is 13.2. The summed E-state index contributed by atoms with van der Waals surface area (Å²) in [4.78, 5) is 26.3. The summed E-state index contributed by atoms with van der Waals surface area (Å²) in [5.74, 6) is -0.848. The van der Waals surface area contributed by atoms with Crippen molar-refractivity contribution in [3.8, 4) is 5.75 Å². The molecule has 1 aromatic carbocycles. The number of carbonyl (C=O) groups is 2. The Morgan fingerprint density at radius 3 is 2.61 bits per heavy atom. The number of ether oxygens (including phenoxy) is 2. The molecule has 1 atom stereocenters. The van der Waals surface area contributed by atoms with Gasteiger partial charge in [0.15, 0.2) is 0 Å². The van der Waals surface area contributed by atoms with Crippen LogP contribution < -0.4 is 10.1 Å². The number of rotatable bonds is 7. The highest BCUT2D eigenvalue weighted by molar-refractivity contribution is 7.89. The monoisotopic (exact) mass is 494 g/mol. The van der Waals surface area contributed by atoms with E-state index in [4.69, 9.17) is 9.47 Å². The van der Waals surface area contributed by atoms with Gasteiger partial charge < -0.3 is 14.8 Å². The summed E-state index contributed by atoms with van der Waals surface area (Å²) in [6.07, 6.45) is 2.56. The van der Waals surface area contributed by atoms with Crippen molar-refractivity contribution in [2.24, 2.45) is 0 Å². The van der Waals surface area contributed by atoms with Crippen LogP contribution in [-0.4, -0.2) is 50.9 Å². The molecular weight excluding hydrogens is 464 g/mol. The standard InChI is InChI=1S/C23H30N2O6S2/c1-6-31-23(27)20-15(3)16(4)32-22(20)24-21(26)17-10-11-18(30-5)19(13-17)33(28,29)25-12-8-7-9-14(25)2/h10-11,13-14H,6-9,12H2,1-5H3,(H,24,26)/t14-/m1/s1.